The Kier molecular flexibility index (Phi) is 7.11. The van der Waals surface area contributed by atoms with Crippen molar-refractivity contribution >= 4 is 0 Å². The molecule has 0 saturated heterocycles. The number of aliphatic hydroxyl groups excluding tert-OH is 1. The molecule has 0 aromatic rings. The minimum Gasteiger partial charge on any atom is -0.393 e. The number of hydrogen-bond acceptors (Lipinski definition) is 3. The van der Waals surface area contributed by atoms with Crippen molar-refractivity contribution in [1.29, 1.82) is 0 Å². The molecule has 0 bridgehead atoms. The summed E-state index contributed by atoms with van der Waals surface area (Å²) < 4.78 is 0. The highest BCUT2D eigenvalue weighted by molar-refractivity contribution is 5.36. The van der Waals surface area contributed by atoms with E-state index in [-0.39, 0.29) is 11.5 Å². The van der Waals surface area contributed by atoms with Gasteiger partial charge in [-0.1, -0.05) is 55.9 Å². The van der Waals surface area contributed by atoms with Crippen molar-refractivity contribution in [1.82, 2.24) is 0 Å². The summed E-state index contributed by atoms with van der Waals surface area (Å²) in [5.74, 6) is 1.54. The molecule has 0 aliphatic heterocycles. The van der Waals surface area contributed by atoms with E-state index >= 15 is 0 Å². The lowest BCUT2D eigenvalue weighted by molar-refractivity contribution is -0.0886. The molecule has 0 unspecified atom stereocenters. The first-order valence-corrected chi connectivity index (χ1v) is 12.2. The summed E-state index contributed by atoms with van der Waals surface area (Å²) in [6.45, 7) is 13.9. The molecule has 0 aromatic heterocycles. The van der Waals surface area contributed by atoms with E-state index in [1.807, 2.05) is 0 Å². The average molecular weight is 429 g/mol. The van der Waals surface area contributed by atoms with Crippen LogP contribution in [0, 0.1) is 23.2 Å². The fourth-order valence-corrected chi connectivity index (χ4v) is 6.22. The molecule has 3 N–H and O–H groups in total. The molecule has 3 saturated carbocycles. The van der Waals surface area contributed by atoms with Crippen LogP contribution < -0.4 is 0 Å². The fraction of sp³-hybridized carbons (Fsp3) is 0.714. The quantitative estimate of drug-likeness (QED) is 0.480. The standard InChI is InChI=1S/C28H44O3/c1-19-9-12-23(29)18-22(19)11-10-21-8-7-16-27(5)24(13-14-25(21)27)20(2)15-17-28(6,31)26(3,4)30/h10-11,15,17,20,23-25,29-31H,1,7-9,12-14,16,18H2,2-6H3/b17-15+,21-10?,22-11?/t20-,23+,24-,25+,27-,28-/m1/s1. The predicted octanol–water partition coefficient (Wildman–Crippen LogP) is 5.87. The third-order valence-corrected chi connectivity index (χ3v) is 8.82. The van der Waals surface area contributed by atoms with Crippen LogP contribution in [0.4, 0.5) is 0 Å². The van der Waals surface area contributed by atoms with Gasteiger partial charge in [0.2, 0.25) is 0 Å². The zero-order valence-electron chi connectivity index (χ0n) is 20.3. The Hall–Kier alpha value is -1.16. The van der Waals surface area contributed by atoms with Crippen LogP contribution in [0.25, 0.3) is 0 Å². The first-order chi connectivity index (χ1) is 14.3. The van der Waals surface area contributed by atoms with Crippen molar-refractivity contribution < 1.29 is 15.3 Å². The topological polar surface area (TPSA) is 60.7 Å². The number of allylic oxidation sites excluding steroid dienone is 5. The monoisotopic (exact) mass is 428 g/mol. The smallest absolute Gasteiger partial charge is 0.108 e. The number of fused-ring (bicyclic) bond motifs is 1. The molecule has 174 valence electrons. The molecule has 0 amide bonds. The zero-order valence-corrected chi connectivity index (χ0v) is 20.3. The van der Waals surface area contributed by atoms with Crippen molar-refractivity contribution in [3.8, 4) is 0 Å². The molecule has 0 radical (unpaired) electrons. The molecule has 3 fully saturated rings. The average Bonchev–Trinajstić information content (AvgIpc) is 3.03. The minimum absolute atomic E-state index is 0.226. The van der Waals surface area contributed by atoms with Crippen molar-refractivity contribution in [3.63, 3.8) is 0 Å². The predicted molar refractivity (Wildman–Crippen MR) is 129 cm³/mol. The number of aliphatic hydroxyl groups is 3. The maximum Gasteiger partial charge on any atom is 0.108 e. The van der Waals surface area contributed by atoms with Crippen molar-refractivity contribution in [2.45, 2.75) is 103 Å². The molecule has 0 aromatic carbocycles. The van der Waals surface area contributed by atoms with Gasteiger partial charge in [0.05, 0.1) is 11.7 Å². The number of rotatable bonds is 5. The fourth-order valence-electron chi connectivity index (χ4n) is 6.22. The van der Waals surface area contributed by atoms with Gasteiger partial charge in [0.1, 0.15) is 5.60 Å². The van der Waals surface area contributed by atoms with Gasteiger partial charge in [0.25, 0.3) is 0 Å². The summed E-state index contributed by atoms with van der Waals surface area (Å²) >= 11 is 0. The zero-order chi connectivity index (χ0) is 23.0. The maximum atomic E-state index is 10.6. The van der Waals surface area contributed by atoms with Crippen molar-refractivity contribution in [2.24, 2.45) is 23.2 Å². The summed E-state index contributed by atoms with van der Waals surface area (Å²) in [6, 6.07) is 0. The molecule has 3 rings (SSSR count). The van der Waals surface area contributed by atoms with Gasteiger partial charge in [-0.3, -0.25) is 0 Å². The Morgan fingerprint density at radius 3 is 2.48 bits per heavy atom. The second kappa shape index (κ2) is 9.00. The highest BCUT2D eigenvalue weighted by Crippen LogP contribution is 2.59. The van der Waals surface area contributed by atoms with Crippen LogP contribution in [-0.4, -0.2) is 32.6 Å². The van der Waals surface area contributed by atoms with Crippen LogP contribution in [0.1, 0.15) is 86.0 Å². The molecule has 3 heteroatoms. The largest absolute Gasteiger partial charge is 0.393 e. The van der Waals surface area contributed by atoms with E-state index in [4.69, 9.17) is 0 Å². The van der Waals surface area contributed by atoms with Crippen LogP contribution in [0.5, 0.6) is 0 Å². The second-order valence-electron chi connectivity index (χ2n) is 11.5. The molecule has 0 spiro atoms. The van der Waals surface area contributed by atoms with E-state index in [0.717, 1.165) is 19.3 Å². The maximum absolute atomic E-state index is 10.6. The van der Waals surface area contributed by atoms with E-state index in [1.165, 1.54) is 43.3 Å². The highest BCUT2D eigenvalue weighted by Gasteiger charge is 2.50. The third-order valence-electron chi connectivity index (χ3n) is 8.82. The van der Waals surface area contributed by atoms with Crippen molar-refractivity contribution in [3.05, 3.63) is 47.6 Å². The van der Waals surface area contributed by atoms with Gasteiger partial charge < -0.3 is 15.3 Å². The second-order valence-corrected chi connectivity index (χ2v) is 11.5. The normalized spacial score (nSPS) is 37.9. The van der Waals surface area contributed by atoms with Crippen LogP contribution in [0.15, 0.2) is 47.6 Å². The third kappa shape index (κ3) is 5.10. The lowest BCUT2D eigenvalue weighted by Gasteiger charge is -2.44. The summed E-state index contributed by atoms with van der Waals surface area (Å²) in [4.78, 5) is 0. The van der Waals surface area contributed by atoms with E-state index < -0.39 is 11.2 Å². The van der Waals surface area contributed by atoms with E-state index in [9.17, 15) is 15.3 Å². The number of hydrogen-bond donors (Lipinski definition) is 3. The summed E-state index contributed by atoms with van der Waals surface area (Å²) in [5, 5.41) is 30.9. The van der Waals surface area contributed by atoms with Gasteiger partial charge >= 0.3 is 0 Å². The molecule has 3 aliphatic carbocycles. The molecule has 31 heavy (non-hydrogen) atoms. The Labute approximate surface area is 189 Å². The van der Waals surface area contributed by atoms with Gasteiger partial charge in [-0.05, 0) is 101 Å². The van der Waals surface area contributed by atoms with Crippen LogP contribution in [-0.2, 0) is 0 Å². The Balaban J connectivity index is 1.77. The first-order valence-electron chi connectivity index (χ1n) is 12.2. The Morgan fingerprint density at radius 2 is 1.81 bits per heavy atom. The Bertz CT molecular complexity index is 764. The lowest BCUT2D eigenvalue weighted by Crippen LogP contribution is -2.46. The van der Waals surface area contributed by atoms with Gasteiger partial charge in [-0.25, -0.2) is 0 Å². The lowest BCUT2D eigenvalue weighted by atomic mass is 9.61. The first kappa shape index (κ1) is 24.5. The highest BCUT2D eigenvalue weighted by atomic mass is 16.3. The van der Waals surface area contributed by atoms with Gasteiger partial charge in [0.15, 0.2) is 0 Å². The molecule has 3 nitrogen and oxygen atoms in total. The molecule has 3 aliphatic rings. The van der Waals surface area contributed by atoms with E-state index in [1.54, 1.807) is 32.4 Å². The molecular formula is C28H44O3. The van der Waals surface area contributed by atoms with E-state index in [0.29, 0.717) is 17.8 Å². The summed E-state index contributed by atoms with van der Waals surface area (Å²) in [5.41, 5.74) is 1.83. The van der Waals surface area contributed by atoms with Gasteiger partial charge in [-0.2, -0.15) is 0 Å². The van der Waals surface area contributed by atoms with Gasteiger partial charge in [0, 0.05) is 0 Å². The van der Waals surface area contributed by atoms with Gasteiger partial charge in [-0.15, -0.1) is 0 Å². The van der Waals surface area contributed by atoms with Crippen LogP contribution in [0.3, 0.4) is 0 Å². The molecule has 6 atom stereocenters. The van der Waals surface area contributed by atoms with Crippen LogP contribution in [0.2, 0.25) is 0 Å². The Morgan fingerprint density at radius 1 is 1.10 bits per heavy atom. The summed E-state index contributed by atoms with van der Waals surface area (Å²) in [6.07, 6.45) is 16.8. The van der Waals surface area contributed by atoms with E-state index in [2.05, 4.69) is 38.7 Å². The molecular weight excluding hydrogens is 384 g/mol. The van der Waals surface area contributed by atoms with Crippen LogP contribution >= 0.6 is 0 Å². The van der Waals surface area contributed by atoms with Crippen molar-refractivity contribution in [2.75, 3.05) is 0 Å². The summed E-state index contributed by atoms with van der Waals surface area (Å²) in [7, 11) is 0. The minimum atomic E-state index is -1.24. The SMILES string of the molecule is C=C1CC[C@H](O)CC1=CC=C1CCC[C@]2(C)[C@@H]([C@H](C)/C=C/[C@@](C)(O)C(C)(C)O)CC[C@@H]12. The molecule has 0 heterocycles.